The van der Waals surface area contributed by atoms with Crippen LogP contribution in [0.3, 0.4) is 0 Å². The van der Waals surface area contributed by atoms with Crippen molar-refractivity contribution in [2.75, 3.05) is 0 Å². The fourth-order valence-electron chi connectivity index (χ4n) is 2.94. The van der Waals surface area contributed by atoms with Gasteiger partial charge >= 0.3 is 0 Å². The Morgan fingerprint density at radius 3 is 2.70 bits per heavy atom. The molecular weight excluding hydrogens is 404 g/mol. The minimum Gasteiger partial charge on any atom is -0.489 e. The number of carbonyl (C=O) groups excluding carboxylic acids is 1. The molecule has 1 heterocycles. The number of ketones is 1. The number of Topliss-reactive ketones (excluding diaryl/α,β-unsaturated/α-hetero) is 1. The molecule has 1 aliphatic rings. The van der Waals surface area contributed by atoms with Crippen LogP contribution in [0.4, 0.5) is 0 Å². The fraction of sp³-hybridized carbons (Fsp3) is 0.0870. The third-order valence-corrected chi connectivity index (χ3v) is 4.94. The maximum Gasteiger partial charge on any atom is 0.231 e. The monoisotopic (exact) mass is 420 g/mol. The zero-order valence-corrected chi connectivity index (χ0v) is 16.3. The van der Waals surface area contributed by atoms with Crippen LogP contribution in [0.5, 0.6) is 11.5 Å². The second-order valence-electron chi connectivity index (χ2n) is 6.37. The van der Waals surface area contributed by atoms with Crippen LogP contribution in [0.1, 0.15) is 27.0 Å². The molecule has 3 aromatic carbocycles. The van der Waals surface area contributed by atoms with Gasteiger partial charge in [0, 0.05) is 10.5 Å². The van der Waals surface area contributed by atoms with Crippen molar-refractivity contribution in [1.29, 1.82) is 0 Å². The Labute approximate surface area is 166 Å². The van der Waals surface area contributed by atoms with Gasteiger partial charge in [0.15, 0.2) is 5.76 Å². The Hall–Kier alpha value is -2.85. The molecule has 27 heavy (non-hydrogen) atoms. The summed E-state index contributed by atoms with van der Waals surface area (Å²) in [6.07, 6.45) is 1.75. The largest absolute Gasteiger partial charge is 0.489 e. The van der Waals surface area contributed by atoms with E-state index in [4.69, 9.17) is 9.47 Å². The molecular formula is C23H17BrO3. The van der Waals surface area contributed by atoms with Gasteiger partial charge in [0.05, 0.1) is 5.56 Å². The van der Waals surface area contributed by atoms with Gasteiger partial charge in [0.1, 0.15) is 18.1 Å². The van der Waals surface area contributed by atoms with Crippen molar-refractivity contribution in [3.63, 3.8) is 0 Å². The lowest BCUT2D eigenvalue weighted by Crippen LogP contribution is -1.98. The summed E-state index contributed by atoms with van der Waals surface area (Å²) < 4.78 is 12.6. The maximum atomic E-state index is 12.6. The summed E-state index contributed by atoms with van der Waals surface area (Å²) in [6, 6.07) is 21.1. The molecule has 0 bridgehead atoms. The molecule has 4 heteroatoms. The van der Waals surface area contributed by atoms with Crippen molar-refractivity contribution >= 4 is 27.8 Å². The van der Waals surface area contributed by atoms with Crippen molar-refractivity contribution in [3.05, 3.63) is 99.2 Å². The van der Waals surface area contributed by atoms with Gasteiger partial charge in [-0.1, -0.05) is 52.3 Å². The minimum atomic E-state index is -0.115. The molecule has 3 aromatic rings. The number of ether oxygens (including phenoxy) is 2. The van der Waals surface area contributed by atoms with Crippen molar-refractivity contribution in [1.82, 2.24) is 0 Å². The average Bonchev–Trinajstić information content (AvgIpc) is 2.96. The zero-order chi connectivity index (χ0) is 18.8. The SMILES string of the molecule is Cc1ccccc1COc1ccc2c(c1)O/C(=C\c1cccc(Br)c1)C2=O. The highest BCUT2D eigenvalue weighted by Crippen LogP contribution is 2.35. The first-order valence-electron chi connectivity index (χ1n) is 8.61. The number of benzene rings is 3. The first-order valence-corrected chi connectivity index (χ1v) is 9.40. The van der Waals surface area contributed by atoms with Gasteiger partial charge in [-0.05, 0) is 54.0 Å². The van der Waals surface area contributed by atoms with Crippen molar-refractivity contribution in [3.8, 4) is 11.5 Å². The van der Waals surface area contributed by atoms with E-state index in [0.717, 1.165) is 15.6 Å². The van der Waals surface area contributed by atoms with E-state index in [-0.39, 0.29) is 5.78 Å². The molecule has 4 rings (SSSR count). The molecule has 134 valence electrons. The molecule has 0 amide bonds. The van der Waals surface area contributed by atoms with E-state index >= 15 is 0 Å². The standard InChI is InChI=1S/C23H17BrO3/c1-15-5-2-3-7-17(15)14-26-19-9-10-20-21(13-19)27-22(23(20)25)12-16-6-4-8-18(24)11-16/h2-13H,14H2,1H3/b22-12-. The van der Waals surface area contributed by atoms with Gasteiger partial charge < -0.3 is 9.47 Å². The summed E-state index contributed by atoms with van der Waals surface area (Å²) >= 11 is 3.43. The van der Waals surface area contributed by atoms with E-state index in [1.54, 1.807) is 24.3 Å². The molecule has 3 nitrogen and oxygen atoms in total. The lowest BCUT2D eigenvalue weighted by Gasteiger charge is -2.09. The lowest BCUT2D eigenvalue weighted by molar-refractivity contribution is 0.101. The van der Waals surface area contributed by atoms with Gasteiger partial charge in [-0.3, -0.25) is 4.79 Å². The molecule has 0 saturated carbocycles. The third-order valence-electron chi connectivity index (χ3n) is 4.44. The molecule has 0 radical (unpaired) electrons. The fourth-order valence-corrected chi connectivity index (χ4v) is 3.35. The number of hydrogen-bond acceptors (Lipinski definition) is 3. The minimum absolute atomic E-state index is 0.115. The summed E-state index contributed by atoms with van der Waals surface area (Å²) in [5, 5.41) is 0. The van der Waals surface area contributed by atoms with Crippen LogP contribution in [0.25, 0.3) is 6.08 Å². The van der Waals surface area contributed by atoms with E-state index in [0.29, 0.717) is 29.4 Å². The second-order valence-corrected chi connectivity index (χ2v) is 7.28. The maximum absolute atomic E-state index is 12.6. The summed E-state index contributed by atoms with van der Waals surface area (Å²) in [5.41, 5.74) is 3.77. The molecule has 0 aromatic heterocycles. The predicted octanol–water partition coefficient (Wildman–Crippen LogP) is 5.95. The normalized spacial score (nSPS) is 14.1. The number of rotatable bonds is 4. The Kier molecular flexibility index (Phi) is 4.82. The van der Waals surface area contributed by atoms with Crippen LogP contribution in [0.2, 0.25) is 0 Å². The van der Waals surface area contributed by atoms with E-state index in [9.17, 15) is 4.79 Å². The summed E-state index contributed by atoms with van der Waals surface area (Å²) in [5.74, 6) is 1.41. The Morgan fingerprint density at radius 2 is 1.89 bits per heavy atom. The number of allylic oxidation sites excluding steroid dienone is 1. The molecule has 0 saturated heterocycles. The molecule has 0 atom stereocenters. The van der Waals surface area contributed by atoms with E-state index in [1.165, 1.54) is 5.56 Å². The molecule has 0 spiro atoms. The van der Waals surface area contributed by atoms with E-state index in [1.807, 2.05) is 42.5 Å². The predicted molar refractivity (Wildman–Crippen MR) is 109 cm³/mol. The number of halogens is 1. The molecule has 0 fully saturated rings. The Morgan fingerprint density at radius 1 is 1.04 bits per heavy atom. The highest BCUT2D eigenvalue weighted by atomic mass is 79.9. The Balaban J connectivity index is 1.53. The van der Waals surface area contributed by atoms with Crippen molar-refractivity contribution in [2.24, 2.45) is 0 Å². The first kappa shape index (κ1) is 17.6. The molecule has 1 aliphatic heterocycles. The highest BCUT2D eigenvalue weighted by Gasteiger charge is 2.27. The number of fused-ring (bicyclic) bond motifs is 1. The van der Waals surface area contributed by atoms with E-state index in [2.05, 4.69) is 28.9 Å². The summed E-state index contributed by atoms with van der Waals surface area (Å²) in [6.45, 7) is 2.53. The molecule has 0 unspecified atom stereocenters. The van der Waals surface area contributed by atoms with Crippen LogP contribution < -0.4 is 9.47 Å². The van der Waals surface area contributed by atoms with Gasteiger partial charge in [0.25, 0.3) is 0 Å². The van der Waals surface area contributed by atoms with Crippen molar-refractivity contribution < 1.29 is 14.3 Å². The number of carbonyl (C=O) groups is 1. The summed E-state index contributed by atoms with van der Waals surface area (Å²) in [4.78, 5) is 12.6. The quantitative estimate of drug-likeness (QED) is 0.488. The molecule has 0 N–H and O–H groups in total. The number of aryl methyl sites for hydroxylation is 1. The van der Waals surface area contributed by atoms with Crippen molar-refractivity contribution in [2.45, 2.75) is 13.5 Å². The van der Waals surface area contributed by atoms with Crippen LogP contribution >= 0.6 is 15.9 Å². The van der Waals surface area contributed by atoms with Gasteiger partial charge in [0.2, 0.25) is 5.78 Å². The summed E-state index contributed by atoms with van der Waals surface area (Å²) in [7, 11) is 0. The van der Waals surface area contributed by atoms with Gasteiger partial charge in [-0.2, -0.15) is 0 Å². The average molecular weight is 421 g/mol. The zero-order valence-electron chi connectivity index (χ0n) is 14.7. The molecule has 0 aliphatic carbocycles. The van der Waals surface area contributed by atoms with Crippen LogP contribution in [-0.4, -0.2) is 5.78 Å². The first-order chi connectivity index (χ1) is 13.1. The highest BCUT2D eigenvalue weighted by molar-refractivity contribution is 9.10. The van der Waals surface area contributed by atoms with Gasteiger partial charge in [-0.15, -0.1) is 0 Å². The Bertz CT molecular complexity index is 1050. The van der Waals surface area contributed by atoms with Crippen LogP contribution in [-0.2, 0) is 6.61 Å². The van der Waals surface area contributed by atoms with Crippen LogP contribution in [0.15, 0.2) is 77.0 Å². The smallest absolute Gasteiger partial charge is 0.231 e. The lowest BCUT2D eigenvalue weighted by atomic mass is 10.1. The van der Waals surface area contributed by atoms with Gasteiger partial charge in [-0.25, -0.2) is 0 Å². The number of hydrogen-bond donors (Lipinski definition) is 0. The van der Waals surface area contributed by atoms with Crippen LogP contribution in [0, 0.1) is 6.92 Å². The van der Waals surface area contributed by atoms with E-state index < -0.39 is 0 Å². The second kappa shape index (κ2) is 7.41. The third kappa shape index (κ3) is 3.81. The topological polar surface area (TPSA) is 35.5 Å².